The fraction of sp³-hybridized carbons (Fsp3) is 0.280. The van der Waals surface area contributed by atoms with Gasteiger partial charge in [0.15, 0.2) is 0 Å². The predicted molar refractivity (Wildman–Crippen MR) is 128 cm³/mol. The Labute approximate surface area is 191 Å². The number of nitrogens with one attached hydrogen (secondary N) is 3. The van der Waals surface area contributed by atoms with E-state index in [0.717, 1.165) is 27.4 Å². The molecule has 33 heavy (non-hydrogen) atoms. The largest absolute Gasteiger partial charge is 0.496 e. The van der Waals surface area contributed by atoms with Crippen molar-refractivity contribution in [2.24, 2.45) is 7.05 Å². The molecule has 2 heterocycles. The van der Waals surface area contributed by atoms with Crippen LogP contribution in [-0.4, -0.2) is 48.2 Å². The fourth-order valence-corrected chi connectivity index (χ4v) is 4.12. The number of H-pyrrole nitrogens is 1. The first kappa shape index (κ1) is 22.3. The van der Waals surface area contributed by atoms with Gasteiger partial charge in [0.2, 0.25) is 5.91 Å². The maximum Gasteiger partial charge on any atom is 0.268 e. The molecule has 2 amide bonds. The number of aromatic nitrogens is 2. The molecule has 0 aliphatic heterocycles. The quantitative estimate of drug-likeness (QED) is 0.386. The van der Waals surface area contributed by atoms with Crippen molar-refractivity contribution in [3.63, 3.8) is 0 Å². The number of methoxy groups -OCH3 is 2. The normalized spacial score (nSPS) is 12.0. The molecular formula is C25H28N4O4. The first-order chi connectivity index (χ1) is 15.9. The third-order valence-corrected chi connectivity index (χ3v) is 5.90. The van der Waals surface area contributed by atoms with Crippen LogP contribution in [-0.2, 0) is 18.3 Å². The number of rotatable bonds is 8. The summed E-state index contributed by atoms with van der Waals surface area (Å²) < 4.78 is 12.6. The summed E-state index contributed by atoms with van der Waals surface area (Å²) in [5, 5.41) is 7.60. The third kappa shape index (κ3) is 4.24. The van der Waals surface area contributed by atoms with Gasteiger partial charge in [-0.1, -0.05) is 18.2 Å². The number of aryl methyl sites for hydroxylation is 1. The van der Waals surface area contributed by atoms with Crippen LogP contribution in [0.3, 0.4) is 0 Å². The van der Waals surface area contributed by atoms with Gasteiger partial charge < -0.3 is 29.7 Å². The summed E-state index contributed by atoms with van der Waals surface area (Å²) >= 11 is 0. The van der Waals surface area contributed by atoms with Crippen molar-refractivity contribution >= 4 is 33.6 Å². The molecule has 2 aromatic carbocycles. The Morgan fingerprint density at radius 1 is 1.06 bits per heavy atom. The van der Waals surface area contributed by atoms with Gasteiger partial charge >= 0.3 is 0 Å². The lowest BCUT2D eigenvalue weighted by molar-refractivity contribution is -0.122. The Hall–Kier alpha value is -3.94. The van der Waals surface area contributed by atoms with Crippen LogP contribution in [0.1, 0.15) is 23.0 Å². The van der Waals surface area contributed by atoms with E-state index in [-0.39, 0.29) is 11.8 Å². The average Bonchev–Trinajstić information content (AvgIpc) is 3.40. The van der Waals surface area contributed by atoms with Crippen LogP contribution >= 0.6 is 0 Å². The first-order valence-corrected chi connectivity index (χ1v) is 10.8. The lowest BCUT2D eigenvalue weighted by Gasteiger charge is -2.14. The van der Waals surface area contributed by atoms with E-state index in [1.807, 2.05) is 24.4 Å². The summed E-state index contributed by atoms with van der Waals surface area (Å²) in [6.45, 7) is 2.14. The second-order valence-corrected chi connectivity index (χ2v) is 7.92. The van der Waals surface area contributed by atoms with Crippen LogP contribution < -0.4 is 20.1 Å². The third-order valence-electron chi connectivity index (χ3n) is 5.90. The molecule has 0 aliphatic carbocycles. The Morgan fingerprint density at radius 3 is 2.55 bits per heavy atom. The number of aromatic amines is 1. The summed E-state index contributed by atoms with van der Waals surface area (Å²) in [5.74, 6) is 0.688. The lowest BCUT2D eigenvalue weighted by Crippen LogP contribution is -2.45. The zero-order valence-corrected chi connectivity index (χ0v) is 19.2. The number of ether oxygens (including phenoxy) is 2. The Bertz CT molecular complexity index is 1320. The second kappa shape index (κ2) is 9.28. The van der Waals surface area contributed by atoms with Crippen molar-refractivity contribution in [2.75, 3.05) is 20.8 Å². The number of para-hydroxylation sites is 1. The van der Waals surface area contributed by atoms with Crippen LogP contribution in [0.15, 0.2) is 48.7 Å². The monoisotopic (exact) mass is 448 g/mol. The van der Waals surface area contributed by atoms with Gasteiger partial charge in [-0.05, 0) is 43.2 Å². The van der Waals surface area contributed by atoms with E-state index in [2.05, 4.69) is 21.7 Å². The minimum absolute atomic E-state index is 0.239. The number of benzene rings is 2. The highest BCUT2D eigenvalue weighted by molar-refractivity contribution is 6.03. The van der Waals surface area contributed by atoms with Crippen molar-refractivity contribution in [3.8, 4) is 11.5 Å². The van der Waals surface area contributed by atoms with E-state index in [9.17, 15) is 9.59 Å². The molecule has 0 saturated heterocycles. The molecule has 0 spiro atoms. The highest BCUT2D eigenvalue weighted by Crippen LogP contribution is 2.35. The number of fused-ring (bicyclic) bond motifs is 2. The number of nitrogens with zero attached hydrogens (tertiary/aromatic N) is 1. The van der Waals surface area contributed by atoms with Gasteiger partial charge in [0.1, 0.15) is 23.2 Å². The highest BCUT2D eigenvalue weighted by Gasteiger charge is 2.22. The van der Waals surface area contributed by atoms with Gasteiger partial charge in [0.05, 0.1) is 19.7 Å². The maximum absolute atomic E-state index is 13.0. The number of amides is 2. The number of carbonyl (C=O) groups is 2. The number of carbonyl (C=O) groups excluding carboxylic acids is 2. The van der Waals surface area contributed by atoms with E-state index in [4.69, 9.17) is 9.47 Å². The first-order valence-electron chi connectivity index (χ1n) is 10.8. The van der Waals surface area contributed by atoms with Gasteiger partial charge in [-0.2, -0.15) is 0 Å². The van der Waals surface area contributed by atoms with Gasteiger partial charge in [-0.3, -0.25) is 9.59 Å². The maximum atomic E-state index is 13.0. The molecule has 3 N–H and O–H groups in total. The lowest BCUT2D eigenvalue weighted by atomic mass is 10.1. The van der Waals surface area contributed by atoms with Crippen molar-refractivity contribution < 1.29 is 19.1 Å². The zero-order valence-electron chi connectivity index (χ0n) is 19.2. The van der Waals surface area contributed by atoms with Gasteiger partial charge in [0, 0.05) is 36.1 Å². The molecule has 0 bridgehead atoms. The molecule has 0 radical (unpaired) electrons. The van der Waals surface area contributed by atoms with E-state index >= 15 is 0 Å². The predicted octanol–water partition coefficient (Wildman–Crippen LogP) is 3.15. The minimum atomic E-state index is -0.692. The van der Waals surface area contributed by atoms with E-state index in [0.29, 0.717) is 30.2 Å². The molecule has 0 fully saturated rings. The van der Waals surface area contributed by atoms with E-state index < -0.39 is 6.04 Å². The van der Waals surface area contributed by atoms with Gasteiger partial charge in [-0.15, -0.1) is 0 Å². The standard InChI is InChI=1S/C25H28N4O4/c1-15(24(30)26-12-11-16-14-27-19-8-6-5-7-17(16)19)28-25(31)20-13-18-21(32-3)9-10-22(33-4)23(18)29(20)2/h5-10,13-15,27H,11-12H2,1-4H3,(H,26,30)(H,28,31)/t15-/m0/s1. The summed E-state index contributed by atoms with van der Waals surface area (Å²) in [6.07, 6.45) is 2.66. The topological polar surface area (TPSA) is 97.4 Å². The van der Waals surface area contributed by atoms with Crippen molar-refractivity contribution in [2.45, 2.75) is 19.4 Å². The van der Waals surface area contributed by atoms with E-state index in [1.165, 1.54) is 0 Å². The molecular weight excluding hydrogens is 420 g/mol. The highest BCUT2D eigenvalue weighted by atomic mass is 16.5. The smallest absolute Gasteiger partial charge is 0.268 e. The second-order valence-electron chi connectivity index (χ2n) is 7.92. The summed E-state index contributed by atoms with van der Waals surface area (Å²) in [4.78, 5) is 28.8. The molecule has 0 aliphatic rings. The van der Waals surface area contributed by atoms with Gasteiger partial charge in [-0.25, -0.2) is 0 Å². The molecule has 8 heteroatoms. The number of hydrogen-bond acceptors (Lipinski definition) is 4. The molecule has 4 aromatic rings. The van der Waals surface area contributed by atoms with E-state index in [1.54, 1.807) is 51.0 Å². The van der Waals surface area contributed by atoms with Crippen molar-refractivity contribution in [1.82, 2.24) is 20.2 Å². The summed E-state index contributed by atoms with van der Waals surface area (Å²) in [7, 11) is 4.94. The molecule has 8 nitrogen and oxygen atoms in total. The molecule has 0 unspecified atom stereocenters. The van der Waals surface area contributed by atoms with Crippen LogP contribution in [0.25, 0.3) is 21.8 Å². The Kier molecular flexibility index (Phi) is 6.26. The summed E-state index contributed by atoms with van der Waals surface area (Å²) in [5.41, 5.74) is 3.37. The number of hydrogen-bond donors (Lipinski definition) is 3. The fourth-order valence-electron chi connectivity index (χ4n) is 4.12. The SMILES string of the molecule is COc1ccc(OC)c2c1cc(C(=O)N[C@@H](C)C(=O)NCCc1c[nH]c3ccccc13)n2C. The van der Waals surface area contributed by atoms with Gasteiger partial charge in [0.25, 0.3) is 5.91 Å². The molecule has 1 atom stereocenters. The minimum Gasteiger partial charge on any atom is -0.496 e. The zero-order chi connectivity index (χ0) is 23.5. The van der Waals surface area contributed by atoms with Crippen LogP contribution in [0, 0.1) is 0 Å². The van der Waals surface area contributed by atoms with Crippen molar-refractivity contribution in [1.29, 1.82) is 0 Å². The Balaban J connectivity index is 1.41. The molecule has 172 valence electrons. The average molecular weight is 449 g/mol. The van der Waals surface area contributed by atoms with Crippen LogP contribution in [0.4, 0.5) is 0 Å². The summed E-state index contributed by atoms with van der Waals surface area (Å²) in [6, 6.07) is 12.7. The van der Waals surface area contributed by atoms with Crippen LogP contribution in [0.5, 0.6) is 11.5 Å². The van der Waals surface area contributed by atoms with Crippen LogP contribution in [0.2, 0.25) is 0 Å². The Morgan fingerprint density at radius 2 is 1.79 bits per heavy atom. The molecule has 2 aromatic heterocycles. The molecule has 4 rings (SSSR count). The van der Waals surface area contributed by atoms with Crippen molar-refractivity contribution in [3.05, 3.63) is 59.9 Å². The molecule has 0 saturated carbocycles.